The highest BCUT2D eigenvalue weighted by Gasteiger charge is 2.36. The van der Waals surface area contributed by atoms with Gasteiger partial charge in [-0.3, -0.25) is 0 Å². The molecular weight excluding hydrogens is 160 g/mol. The molecule has 0 radical (unpaired) electrons. The van der Waals surface area contributed by atoms with Crippen molar-refractivity contribution in [2.45, 2.75) is 44.2 Å². The molecule has 0 spiro atoms. The second-order valence-corrected chi connectivity index (χ2v) is 3.21. The molecule has 72 valence electrons. The van der Waals surface area contributed by atoms with Crippen molar-refractivity contribution in [3.8, 4) is 0 Å². The Kier molecular flexibility index (Phi) is 3.46. The van der Waals surface area contributed by atoms with E-state index in [2.05, 4.69) is 0 Å². The van der Waals surface area contributed by atoms with Gasteiger partial charge in [-0.25, -0.2) is 0 Å². The van der Waals surface area contributed by atoms with Crippen LogP contribution in [-0.2, 0) is 4.74 Å². The van der Waals surface area contributed by atoms with E-state index in [0.29, 0.717) is 6.42 Å². The van der Waals surface area contributed by atoms with Gasteiger partial charge in [0.25, 0.3) is 0 Å². The summed E-state index contributed by atoms with van der Waals surface area (Å²) in [5.41, 5.74) is 0. The molecule has 4 atom stereocenters. The van der Waals surface area contributed by atoms with Crippen molar-refractivity contribution in [2.75, 3.05) is 6.61 Å². The summed E-state index contributed by atoms with van der Waals surface area (Å²) in [6.45, 7) is 2.09. The van der Waals surface area contributed by atoms with Crippen molar-refractivity contribution in [3.63, 3.8) is 0 Å². The van der Waals surface area contributed by atoms with E-state index in [1.54, 1.807) is 0 Å². The summed E-state index contributed by atoms with van der Waals surface area (Å²) in [5, 5.41) is 27.8. The zero-order valence-electron chi connectivity index (χ0n) is 7.18. The Labute approximate surface area is 71.8 Å². The summed E-state index contributed by atoms with van der Waals surface area (Å²) in [6.07, 6.45) is -1.68. The molecule has 4 heteroatoms. The largest absolute Gasteiger partial charge is 0.388 e. The lowest BCUT2D eigenvalue weighted by Gasteiger charge is -2.35. The van der Waals surface area contributed by atoms with Crippen LogP contribution in [0.25, 0.3) is 0 Å². The van der Waals surface area contributed by atoms with Gasteiger partial charge >= 0.3 is 0 Å². The zero-order chi connectivity index (χ0) is 9.14. The maximum atomic E-state index is 9.40. The van der Waals surface area contributed by atoms with Gasteiger partial charge in [0.05, 0.1) is 12.7 Å². The van der Waals surface area contributed by atoms with Crippen molar-refractivity contribution in [1.82, 2.24) is 0 Å². The fourth-order valence-electron chi connectivity index (χ4n) is 1.41. The predicted molar refractivity (Wildman–Crippen MR) is 42.7 cm³/mol. The minimum absolute atomic E-state index is 0.114. The molecule has 12 heavy (non-hydrogen) atoms. The molecule has 1 aliphatic heterocycles. The smallest absolute Gasteiger partial charge is 0.111 e. The summed E-state index contributed by atoms with van der Waals surface area (Å²) in [7, 11) is 0. The Balaban J connectivity index is 2.46. The van der Waals surface area contributed by atoms with Crippen molar-refractivity contribution < 1.29 is 20.1 Å². The van der Waals surface area contributed by atoms with Crippen LogP contribution in [0.1, 0.15) is 19.8 Å². The molecule has 0 aromatic rings. The van der Waals surface area contributed by atoms with E-state index in [1.807, 2.05) is 6.92 Å². The van der Waals surface area contributed by atoms with Crippen molar-refractivity contribution in [3.05, 3.63) is 0 Å². The third-order valence-electron chi connectivity index (χ3n) is 2.18. The highest BCUT2D eigenvalue weighted by atomic mass is 16.5. The Hall–Kier alpha value is -0.160. The van der Waals surface area contributed by atoms with E-state index in [0.717, 1.165) is 6.42 Å². The summed E-state index contributed by atoms with van der Waals surface area (Å²) in [4.78, 5) is 0. The standard InChI is InChI=1S/C8H16O4/c1-2-3-6-8(11)7(10)5(9)4-12-6/h5-11H,2-4H2,1H3/t5-,6+,7+,8+/m0/s1. The predicted octanol–water partition coefficient (Wildman–Crippen LogP) is -0.732. The lowest BCUT2D eigenvalue weighted by atomic mass is 9.97. The molecule has 1 heterocycles. The number of ether oxygens (including phenoxy) is 1. The molecule has 0 aliphatic carbocycles. The molecule has 0 aromatic heterocycles. The third kappa shape index (κ3) is 1.95. The van der Waals surface area contributed by atoms with Crippen LogP contribution >= 0.6 is 0 Å². The lowest BCUT2D eigenvalue weighted by Crippen LogP contribution is -2.52. The van der Waals surface area contributed by atoms with Crippen LogP contribution < -0.4 is 0 Å². The van der Waals surface area contributed by atoms with Crippen LogP contribution in [0.4, 0.5) is 0 Å². The van der Waals surface area contributed by atoms with E-state index in [1.165, 1.54) is 0 Å². The first-order chi connectivity index (χ1) is 5.66. The molecule has 1 aliphatic rings. The van der Waals surface area contributed by atoms with E-state index >= 15 is 0 Å². The van der Waals surface area contributed by atoms with Crippen LogP contribution in [-0.4, -0.2) is 46.3 Å². The first-order valence-corrected chi connectivity index (χ1v) is 4.32. The second-order valence-electron chi connectivity index (χ2n) is 3.21. The first kappa shape index (κ1) is 9.92. The molecule has 0 saturated carbocycles. The van der Waals surface area contributed by atoms with E-state index in [9.17, 15) is 10.2 Å². The summed E-state index contributed by atoms with van der Waals surface area (Å²) >= 11 is 0. The molecule has 1 saturated heterocycles. The molecule has 0 unspecified atom stereocenters. The number of hydrogen-bond acceptors (Lipinski definition) is 4. The highest BCUT2D eigenvalue weighted by Crippen LogP contribution is 2.18. The number of rotatable bonds is 2. The fraction of sp³-hybridized carbons (Fsp3) is 1.00. The maximum Gasteiger partial charge on any atom is 0.111 e. The number of aliphatic hydroxyl groups is 3. The van der Waals surface area contributed by atoms with E-state index in [-0.39, 0.29) is 12.7 Å². The minimum Gasteiger partial charge on any atom is -0.388 e. The molecule has 4 nitrogen and oxygen atoms in total. The van der Waals surface area contributed by atoms with Gasteiger partial charge in [-0.1, -0.05) is 13.3 Å². The summed E-state index contributed by atoms with van der Waals surface area (Å²) in [5.74, 6) is 0. The molecule has 0 bridgehead atoms. The molecular formula is C8H16O4. The lowest BCUT2D eigenvalue weighted by molar-refractivity contribution is -0.188. The highest BCUT2D eigenvalue weighted by molar-refractivity contribution is 4.85. The van der Waals surface area contributed by atoms with Crippen molar-refractivity contribution in [2.24, 2.45) is 0 Å². The molecule has 1 fully saturated rings. The van der Waals surface area contributed by atoms with Gasteiger partial charge in [-0.05, 0) is 6.42 Å². The van der Waals surface area contributed by atoms with Crippen LogP contribution in [0.3, 0.4) is 0 Å². The Bertz CT molecular complexity index is 139. The van der Waals surface area contributed by atoms with Gasteiger partial charge < -0.3 is 20.1 Å². The molecule has 1 rings (SSSR count). The van der Waals surface area contributed by atoms with Gasteiger partial charge in [-0.15, -0.1) is 0 Å². The normalized spacial score (nSPS) is 43.0. The van der Waals surface area contributed by atoms with Gasteiger partial charge in [0.15, 0.2) is 0 Å². The van der Waals surface area contributed by atoms with Crippen LogP contribution in [0.15, 0.2) is 0 Å². The second kappa shape index (κ2) is 4.18. The maximum absolute atomic E-state index is 9.40. The average Bonchev–Trinajstić information content (AvgIpc) is 2.07. The van der Waals surface area contributed by atoms with Gasteiger partial charge in [0, 0.05) is 0 Å². The topological polar surface area (TPSA) is 69.9 Å². The monoisotopic (exact) mass is 176 g/mol. The third-order valence-corrected chi connectivity index (χ3v) is 2.18. The number of aliphatic hydroxyl groups excluding tert-OH is 3. The fourth-order valence-corrected chi connectivity index (χ4v) is 1.41. The Morgan fingerprint density at radius 3 is 2.50 bits per heavy atom. The van der Waals surface area contributed by atoms with E-state index in [4.69, 9.17) is 9.84 Å². The molecule has 0 amide bonds. The molecule has 0 aromatic carbocycles. The molecule has 3 N–H and O–H groups in total. The van der Waals surface area contributed by atoms with Gasteiger partial charge in [-0.2, -0.15) is 0 Å². The van der Waals surface area contributed by atoms with Gasteiger partial charge in [0.2, 0.25) is 0 Å². The average molecular weight is 176 g/mol. The van der Waals surface area contributed by atoms with Crippen LogP contribution in [0.2, 0.25) is 0 Å². The quantitative estimate of drug-likeness (QED) is 0.518. The minimum atomic E-state index is -1.06. The van der Waals surface area contributed by atoms with Crippen molar-refractivity contribution >= 4 is 0 Å². The van der Waals surface area contributed by atoms with Gasteiger partial charge in [0.1, 0.15) is 18.3 Å². The SMILES string of the molecule is CCC[C@H]1OC[C@H](O)[C@@H](O)[C@@H]1O. The Morgan fingerprint density at radius 1 is 1.25 bits per heavy atom. The zero-order valence-corrected chi connectivity index (χ0v) is 7.18. The summed E-state index contributed by atoms with van der Waals surface area (Å²) < 4.78 is 5.15. The Morgan fingerprint density at radius 2 is 1.92 bits per heavy atom. The first-order valence-electron chi connectivity index (χ1n) is 4.32. The number of hydrogen-bond donors (Lipinski definition) is 3. The van der Waals surface area contributed by atoms with Crippen molar-refractivity contribution in [1.29, 1.82) is 0 Å². The van der Waals surface area contributed by atoms with E-state index < -0.39 is 18.3 Å². The van der Waals surface area contributed by atoms with Crippen LogP contribution in [0, 0.1) is 0 Å². The van der Waals surface area contributed by atoms with Crippen LogP contribution in [0.5, 0.6) is 0 Å². The summed E-state index contributed by atoms with van der Waals surface area (Å²) in [6, 6.07) is 0.